The molecule has 0 aromatic heterocycles. The highest BCUT2D eigenvalue weighted by atomic mass is 16.2. The molecule has 5 heteroatoms. The molecule has 136 valence electrons. The van der Waals surface area contributed by atoms with Gasteiger partial charge in [0.2, 0.25) is 0 Å². The second-order valence-corrected chi connectivity index (χ2v) is 6.98. The van der Waals surface area contributed by atoms with Gasteiger partial charge in [0, 0.05) is 29.9 Å². The lowest BCUT2D eigenvalue weighted by Crippen LogP contribution is -2.34. The first kappa shape index (κ1) is 18.0. The molecule has 0 atom stereocenters. The fourth-order valence-electron chi connectivity index (χ4n) is 2.82. The summed E-state index contributed by atoms with van der Waals surface area (Å²) in [5.41, 5.74) is 2.44. The second kappa shape index (κ2) is 8.04. The maximum absolute atomic E-state index is 12.9. The van der Waals surface area contributed by atoms with E-state index in [0.29, 0.717) is 23.8 Å². The van der Waals surface area contributed by atoms with Gasteiger partial charge >= 0.3 is 6.03 Å². The smallest absolute Gasteiger partial charge is 0.319 e. The topological polar surface area (TPSA) is 61.4 Å². The van der Waals surface area contributed by atoms with Gasteiger partial charge in [0.05, 0.1) is 0 Å². The molecule has 0 radical (unpaired) electrons. The van der Waals surface area contributed by atoms with E-state index in [4.69, 9.17) is 0 Å². The standard InChI is InChI=1S/C21H25N3O2/c1-15(2)22-21(26)23-18-10-8-17(9-11-18)20(25)24(19-12-13-19)14-16-6-4-3-5-7-16/h3-11,15,19H,12-14H2,1-2H3,(H2,22,23,26). The first-order chi connectivity index (χ1) is 12.5. The van der Waals surface area contributed by atoms with Crippen molar-refractivity contribution in [1.82, 2.24) is 10.2 Å². The molecule has 2 N–H and O–H groups in total. The van der Waals surface area contributed by atoms with Crippen molar-refractivity contribution in [2.75, 3.05) is 5.32 Å². The summed E-state index contributed by atoms with van der Waals surface area (Å²) in [5.74, 6) is 0.0366. The van der Waals surface area contributed by atoms with Crippen molar-refractivity contribution < 1.29 is 9.59 Å². The SMILES string of the molecule is CC(C)NC(=O)Nc1ccc(C(=O)N(Cc2ccccc2)C2CC2)cc1. The number of rotatable bonds is 6. The minimum Gasteiger partial charge on any atom is -0.336 e. The van der Waals surface area contributed by atoms with Crippen LogP contribution in [0.3, 0.4) is 0 Å². The highest BCUT2D eigenvalue weighted by Gasteiger charge is 2.33. The number of nitrogens with zero attached hydrogens (tertiary/aromatic N) is 1. The molecule has 1 fully saturated rings. The van der Waals surface area contributed by atoms with E-state index in [-0.39, 0.29) is 18.0 Å². The molecule has 2 aromatic carbocycles. The minimum absolute atomic E-state index is 0.0366. The van der Waals surface area contributed by atoms with Crippen molar-refractivity contribution in [2.45, 2.75) is 45.3 Å². The number of nitrogens with one attached hydrogen (secondary N) is 2. The van der Waals surface area contributed by atoms with Crippen LogP contribution in [0.1, 0.15) is 42.6 Å². The third kappa shape index (κ3) is 4.85. The van der Waals surface area contributed by atoms with Crippen LogP contribution >= 0.6 is 0 Å². The molecule has 0 heterocycles. The van der Waals surface area contributed by atoms with Crippen molar-refractivity contribution in [2.24, 2.45) is 0 Å². The molecule has 0 aliphatic heterocycles. The molecule has 2 aromatic rings. The molecule has 0 saturated heterocycles. The molecule has 1 aliphatic carbocycles. The monoisotopic (exact) mass is 351 g/mol. The summed E-state index contributed by atoms with van der Waals surface area (Å²) < 4.78 is 0. The van der Waals surface area contributed by atoms with Crippen molar-refractivity contribution >= 4 is 17.6 Å². The minimum atomic E-state index is -0.247. The summed E-state index contributed by atoms with van der Waals surface area (Å²) in [6.07, 6.45) is 2.13. The summed E-state index contributed by atoms with van der Waals surface area (Å²) in [7, 11) is 0. The van der Waals surface area contributed by atoms with Crippen molar-refractivity contribution in [3.05, 3.63) is 65.7 Å². The van der Waals surface area contributed by atoms with Gasteiger partial charge in [0.25, 0.3) is 5.91 Å². The average Bonchev–Trinajstić information content (AvgIpc) is 3.45. The summed E-state index contributed by atoms with van der Waals surface area (Å²) in [5, 5.41) is 5.54. The van der Waals surface area contributed by atoms with Crippen LogP contribution in [0.2, 0.25) is 0 Å². The predicted octanol–water partition coefficient (Wildman–Crippen LogP) is 4.02. The Morgan fingerprint density at radius 1 is 1.04 bits per heavy atom. The van der Waals surface area contributed by atoms with Crippen LogP contribution in [0.5, 0.6) is 0 Å². The van der Waals surface area contributed by atoms with E-state index in [1.807, 2.05) is 49.1 Å². The lowest BCUT2D eigenvalue weighted by atomic mass is 10.1. The van der Waals surface area contributed by atoms with E-state index in [1.54, 1.807) is 24.3 Å². The number of hydrogen-bond donors (Lipinski definition) is 2. The molecule has 3 amide bonds. The molecule has 0 spiro atoms. The van der Waals surface area contributed by atoms with Crippen LogP contribution in [0.4, 0.5) is 10.5 Å². The van der Waals surface area contributed by atoms with Crippen LogP contribution in [-0.2, 0) is 6.54 Å². The quantitative estimate of drug-likeness (QED) is 0.826. The zero-order chi connectivity index (χ0) is 18.5. The summed E-state index contributed by atoms with van der Waals surface area (Å²) in [6, 6.07) is 17.3. The first-order valence-corrected chi connectivity index (χ1v) is 9.05. The normalized spacial score (nSPS) is 13.3. The molecule has 0 unspecified atom stereocenters. The Hall–Kier alpha value is -2.82. The fourth-order valence-corrected chi connectivity index (χ4v) is 2.82. The third-order valence-corrected chi connectivity index (χ3v) is 4.25. The van der Waals surface area contributed by atoms with Crippen LogP contribution in [0.25, 0.3) is 0 Å². The van der Waals surface area contributed by atoms with E-state index < -0.39 is 0 Å². The Bertz CT molecular complexity index is 753. The van der Waals surface area contributed by atoms with Crippen LogP contribution in [-0.4, -0.2) is 28.9 Å². The predicted molar refractivity (Wildman–Crippen MR) is 103 cm³/mol. The molecule has 26 heavy (non-hydrogen) atoms. The molecule has 1 aliphatic rings. The number of anilines is 1. The van der Waals surface area contributed by atoms with Gasteiger partial charge < -0.3 is 15.5 Å². The van der Waals surface area contributed by atoms with Gasteiger partial charge in [0.1, 0.15) is 0 Å². The lowest BCUT2D eigenvalue weighted by Gasteiger charge is -2.23. The highest BCUT2D eigenvalue weighted by molar-refractivity contribution is 5.96. The highest BCUT2D eigenvalue weighted by Crippen LogP contribution is 2.30. The average molecular weight is 351 g/mol. The number of carbonyl (C=O) groups excluding carboxylic acids is 2. The molecule has 5 nitrogen and oxygen atoms in total. The van der Waals surface area contributed by atoms with Crippen molar-refractivity contribution in [3.63, 3.8) is 0 Å². The van der Waals surface area contributed by atoms with E-state index in [0.717, 1.165) is 18.4 Å². The van der Waals surface area contributed by atoms with Crippen molar-refractivity contribution in [1.29, 1.82) is 0 Å². The summed E-state index contributed by atoms with van der Waals surface area (Å²) in [6.45, 7) is 4.43. The Balaban J connectivity index is 1.67. The zero-order valence-electron chi connectivity index (χ0n) is 15.2. The van der Waals surface area contributed by atoms with E-state index in [2.05, 4.69) is 10.6 Å². The summed E-state index contributed by atoms with van der Waals surface area (Å²) in [4.78, 5) is 26.6. The Labute approximate surface area is 154 Å². The fraction of sp³-hybridized carbons (Fsp3) is 0.333. The Kier molecular flexibility index (Phi) is 5.56. The van der Waals surface area contributed by atoms with Gasteiger partial charge in [0.15, 0.2) is 0 Å². The third-order valence-electron chi connectivity index (χ3n) is 4.25. The molecule has 0 bridgehead atoms. The van der Waals surface area contributed by atoms with Gasteiger partial charge in [-0.25, -0.2) is 4.79 Å². The van der Waals surface area contributed by atoms with Gasteiger partial charge in [-0.15, -0.1) is 0 Å². The van der Waals surface area contributed by atoms with Crippen LogP contribution in [0, 0.1) is 0 Å². The molecular weight excluding hydrogens is 326 g/mol. The number of amides is 3. The number of hydrogen-bond acceptors (Lipinski definition) is 2. The Morgan fingerprint density at radius 3 is 2.27 bits per heavy atom. The number of carbonyl (C=O) groups is 2. The van der Waals surface area contributed by atoms with Gasteiger partial charge in [-0.05, 0) is 56.5 Å². The maximum Gasteiger partial charge on any atom is 0.319 e. The second-order valence-electron chi connectivity index (χ2n) is 6.98. The van der Waals surface area contributed by atoms with E-state index >= 15 is 0 Å². The van der Waals surface area contributed by atoms with Crippen LogP contribution in [0.15, 0.2) is 54.6 Å². The van der Waals surface area contributed by atoms with Crippen molar-refractivity contribution in [3.8, 4) is 0 Å². The van der Waals surface area contributed by atoms with Crippen LogP contribution < -0.4 is 10.6 Å². The first-order valence-electron chi connectivity index (χ1n) is 9.05. The largest absolute Gasteiger partial charge is 0.336 e. The van der Waals surface area contributed by atoms with Gasteiger partial charge in [-0.2, -0.15) is 0 Å². The molecule has 1 saturated carbocycles. The number of benzene rings is 2. The Morgan fingerprint density at radius 2 is 1.69 bits per heavy atom. The maximum atomic E-state index is 12.9. The van der Waals surface area contributed by atoms with E-state index in [1.165, 1.54) is 0 Å². The number of urea groups is 1. The summed E-state index contributed by atoms with van der Waals surface area (Å²) >= 11 is 0. The zero-order valence-corrected chi connectivity index (χ0v) is 15.2. The van der Waals surface area contributed by atoms with Gasteiger partial charge in [-0.1, -0.05) is 30.3 Å². The van der Waals surface area contributed by atoms with Gasteiger partial charge in [-0.3, -0.25) is 4.79 Å². The lowest BCUT2D eigenvalue weighted by molar-refractivity contribution is 0.0730. The van der Waals surface area contributed by atoms with E-state index in [9.17, 15) is 9.59 Å². The molecule has 3 rings (SSSR count). The molecular formula is C21H25N3O2.